The third-order valence-corrected chi connectivity index (χ3v) is 14.3. The predicted octanol–water partition coefficient (Wildman–Crippen LogP) is 15.5. The lowest BCUT2D eigenvalue weighted by Gasteiger charge is -2.23. The van der Waals surface area contributed by atoms with Gasteiger partial charge in [0, 0.05) is 51.1 Å². The summed E-state index contributed by atoms with van der Waals surface area (Å²) < 4.78 is 5.44. The zero-order valence-electron chi connectivity index (χ0n) is 29.3. The molecule has 11 aromatic rings. The molecule has 0 atom stereocenters. The number of thiophene rings is 2. The zero-order chi connectivity index (χ0) is 35.0. The summed E-state index contributed by atoms with van der Waals surface area (Å²) >= 11 is 3.83. The van der Waals surface area contributed by atoms with E-state index < -0.39 is 0 Å². The van der Waals surface area contributed by atoms with Crippen LogP contribution in [0.2, 0.25) is 0 Å². The molecule has 0 radical (unpaired) electrons. The molecule has 12 rings (SSSR count). The van der Waals surface area contributed by atoms with E-state index >= 15 is 0 Å². The highest BCUT2D eigenvalue weighted by Crippen LogP contribution is 2.58. The highest BCUT2D eigenvalue weighted by molar-refractivity contribution is 7.27. The van der Waals surface area contributed by atoms with Gasteiger partial charge in [0.25, 0.3) is 0 Å². The Morgan fingerprint density at radius 1 is 0.377 bits per heavy atom. The Morgan fingerprint density at radius 3 is 1.49 bits per heavy atom. The highest BCUT2D eigenvalue weighted by Gasteiger charge is 2.39. The summed E-state index contributed by atoms with van der Waals surface area (Å²) in [5.41, 5.74) is 10.7. The van der Waals surface area contributed by atoms with Crippen LogP contribution in [-0.2, 0) is 5.41 Å². The van der Waals surface area contributed by atoms with Crippen molar-refractivity contribution in [2.75, 3.05) is 0 Å². The molecular weight excluding hydrogens is 677 g/mol. The maximum Gasteiger partial charge on any atom is 0.0437 e. The van der Waals surface area contributed by atoms with Gasteiger partial charge >= 0.3 is 0 Å². The van der Waals surface area contributed by atoms with Gasteiger partial charge in [-0.05, 0) is 95.7 Å². The largest absolute Gasteiger partial charge is 0.135 e. The number of hydrogen-bond donors (Lipinski definition) is 0. The summed E-state index contributed by atoms with van der Waals surface area (Å²) in [4.78, 5) is 0. The molecule has 53 heavy (non-hydrogen) atoms. The third-order valence-electron chi connectivity index (χ3n) is 12.0. The third kappa shape index (κ3) is 3.95. The van der Waals surface area contributed by atoms with E-state index in [1.54, 1.807) is 0 Å². The Balaban J connectivity index is 1.15. The minimum absolute atomic E-state index is 0.144. The molecule has 0 N–H and O–H groups in total. The van der Waals surface area contributed by atoms with Gasteiger partial charge in [-0.1, -0.05) is 147 Å². The maximum atomic E-state index is 2.52. The summed E-state index contributed by atoms with van der Waals surface area (Å²) in [6, 6.07) is 59.4. The molecule has 0 saturated heterocycles. The fourth-order valence-electron chi connectivity index (χ4n) is 9.76. The van der Waals surface area contributed by atoms with Gasteiger partial charge in [0.05, 0.1) is 0 Å². The van der Waals surface area contributed by atoms with E-state index in [-0.39, 0.29) is 5.41 Å². The lowest BCUT2D eigenvalue weighted by Crippen LogP contribution is -2.15. The molecule has 0 unspecified atom stereocenters. The number of benzene rings is 9. The first kappa shape index (κ1) is 29.7. The first-order valence-corrected chi connectivity index (χ1v) is 20.1. The summed E-state index contributed by atoms with van der Waals surface area (Å²) in [6.45, 7) is 4.87. The van der Waals surface area contributed by atoms with Gasteiger partial charge in [-0.25, -0.2) is 0 Å². The average Bonchev–Trinajstić information content (AvgIpc) is 3.84. The molecule has 2 heteroatoms. The summed E-state index contributed by atoms with van der Waals surface area (Å²) in [6.07, 6.45) is 0. The van der Waals surface area contributed by atoms with Gasteiger partial charge in [-0.3, -0.25) is 0 Å². The van der Waals surface area contributed by atoms with Crippen LogP contribution in [0.3, 0.4) is 0 Å². The van der Waals surface area contributed by atoms with Gasteiger partial charge in [0.1, 0.15) is 0 Å². The molecule has 0 bridgehead atoms. The topological polar surface area (TPSA) is 0 Å². The van der Waals surface area contributed by atoms with Gasteiger partial charge in [-0.15, -0.1) is 22.7 Å². The van der Waals surface area contributed by atoms with E-state index in [1.165, 1.54) is 117 Å². The number of rotatable bonds is 2. The molecule has 1 aliphatic carbocycles. The second-order valence-corrected chi connectivity index (χ2v) is 17.3. The molecule has 0 amide bonds. The van der Waals surface area contributed by atoms with Crippen molar-refractivity contribution in [3.8, 4) is 33.4 Å². The van der Waals surface area contributed by atoms with E-state index in [0.29, 0.717) is 0 Å². The molecular formula is C51H32S2. The SMILES string of the molecule is CC1(C)c2ccc(-c3c4ccccc4c(-c4ccc5c(c4)sc4ccccc45)c4ccccc34)cc2-c2c1c1c3ccccc3sc1c1ccccc21. The van der Waals surface area contributed by atoms with E-state index in [9.17, 15) is 0 Å². The van der Waals surface area contributed by atoms with Crippen LogP contribution in [0, 0.1) is 0 Å². The lowest BCUT2D eigenvalue weighted by atomic mass is 9.79. The molecule has 248 valence electrons. The van der Waals surface area contributed by atoms with Crippen molar-refractivity contribution in [1.82, 2.24) is 0 Å². The van der Waals surface area contributed by atoms with Crippen LogP contribution in [0.4, 0.5) is 0 Å². The van der Waals surface area contributed by atoms with Crippen LogP contribution in [-0.4, -0.2) is 0 Å². The van der Waals surface area contributed by atoms with E-state index in [1.807, 2.05) is 22.7 Å². The minimum atomic E-state index is -0.144. The Hall–Kier alpha value is -5.80. The average molecular weight is 709 g/mol. The van der Waals surface area contributed by atoms with Gasteiger partial charge < -0.3 is 0 Å². The van der Waals surface area contributed by atoms with Crippen LogP contribution < -0.4 is 0 Å². The molecule has 0 nitrogen and oxygen atoms in total. The number of fused-ring (bicyclic) bond motifs is 15. The molecule has 0 spiro atoms. The second kappa shape index (κ2) is 10.6. The van der Waals surface area contributed by atoms with Crippen molar-refractivity contribution in [1.29, 1.82) is 0 Å². The van der Waals surface area contributed by atoms with E-state index in [2.05, 4.69) is 172 Å². The normalized spacial score (nSPS) is 13.6. The highest BCUT2D eigenvalue weighted by atomic mass is 32.1. The Kier molecular flexibility index (Phi) is 5.97. The Labute approximate surface area is 315 Å². The van der Waals surface area contributed by atoms with Gasteiger partial charge in [-0.2, -0.15) is 0 Å². The van der Waals surface area contributed by atoms with Crippen molar-refractivity contribution >= 4 is 95.3 Å². The van der Waals surface area contributed by atoms with Gasteiger partial charge in [0.15, 0.2) is 0 Å². The molecule has 0 saturated carbocycles. The standard InChI is InChI=1S/C51H32S2/c1-51(2)41-26-24-29(27-40(41)47-37-18-7-8-19-38(37)50-48(49(47)51)39-20-10-12-22-43(39)53-50)45-33-14-3-5-16-35(33)46(36-17-6-4-15-34(36)45)30-23-25-32-31-13-9-11-21-42(31)52-44(32)28-30/h3-28H,1-2H3. The molecule has 1 aliphatic rings. The quantitative estimate of drug-likeness (QED) is 0.157. The summed E-state index contributed by atoms with van der Waals surface area (Å²) in [5, 5.41) is 13.3. The predicted molar refractivity (Wildman–Crippen MR) is 233 cm³/mol. The molecule has 0 fully saturated rings. The summed E-state index contributed by atoms with van der Waals surface area (Å²) in [7, 11) is 0. The van der Waals surface area contributed by atoms with Crippen LogP contribution in [0.5, 0.6) is 0 Å². The van der Waals surface area contributed by atoms with Crippen molar-refractivity contribution in [2.24, 2.45) is 0 Å². The van der Waals surface area contributed by atoms with Crippen molar-refractivity contribution < 1.29 is 0 Å². The number of hydrogen-bond acceptors (Lipinski definition) is 2. The fraction of sp³-hybridized carbons (Fsp3) is 0.0588. The summed E-state index contributed by atoms with van der Waals surface area (Å²) in [5.74, 6) is 0. The molecule has 2 aromatic heterocycles. The smallest absolute Gasteiger partial charge is 0.0437 e. The molecule has 9 aromatic carbocycles. The van der Waals surface area contributed by atoms with E-state index in [4.69, 9.17) is 0 Å². The van der Waals surface area contributed by atoms with Crippen molar-refractivity contribution in [3.63, 3.8) is 0 Å². The van der Waals surface area contributed by atoms with Crippen LogP contribution >= 0.6 is 22.7 Å². The van der Waals surface area contributed by atoms with Crippen LogP contribution in [0.25, 0.3) is 106 Å². The minimum Gasteiger partial charge on any atom is -0.135 e. The zero-order valence-corrected chi connectivity index (χ0v) is 31.0. The first-order chi connectivity index (χ1) is 26.1. The molecule has 0 aliphatic heterocycles. The van der Waals surface area contributed by atoms with Crippen molar-refractivity contribution in [2.45, 2.75) is 19.3 Å². The maximum absolute atomic E-state index is 2.52. The Morgan fingerprint density at radius 2 is 0.849 bits per heavy atom. The van der Waals surface area contributed by atoms with E-state index in [0.717, 1.165) is 0 Å². The Bertz CT molecular complexity index is 3310. The van der Waals surface area contributed by atoms with Crippen LogP contribution in [0.15, 0.2) is 158 Å². The fourth-order valence-corrected chi connectivity index (χ4v) is 12.2. The lowest BCUT2D eigenvalue weighted by molar-refractivity contribution is 0.667. The van der Waals surface area contributed by atoms with Gasteiger partial charge in [0.2, 0.25) is 0 Å². The second-order valence-electron chi connectivity index (χ2n) is 15.1. The van der Waals surface area contributed by atoms with Crippen LogP contribution in [0.1, 0.15) is 25.0 Å². The molecule has 2 heterocycles. The monoisotopic (exact) mass is 708 g/mol. The first-order valence-electron chi connectivity index (χ1n) is 18.4. The van der Waals surface area contributed by atoms with Crippen molar-refractivity contribution in [3.05, 3.63) is 169 Å².